The molecule has 6 nitrogen and oxygen atoms in total. The molecular formula is C14H20N2O4S. The van der Waals surface area contributed by atoms with Crippen LogP contribution in [0, 0.1) is 0 Å². The number of amides is 1. The SMILES string of the molecule is CCS(=O)(=O)Nc1ccc2c(c1)CCCN2C(=O)COC. The van der Waals surface area contributed by atoms with E-state index in [4.69, 9.17) is 4.74 Å². The number of hydrogen-bond acceptors (Lipinski definition) is 4. The second-order valence-electron chi connectivity index (χ2n) is 4.93. The Bertz CT molecular complexity index is 628. The van der Waals surface area contributed by atoms with Crippen molar-refractivity contribution >= 4 is 27.3 Å². The van der Waals surface area contributed by atoms with Crippen LogP contribution in [0.5, 0.6) is 0 Å². The van der Waals surface area contributed by atoms with Crippen molar-refractivity contribution in [2.75, 3.05) is 35.6 Å². The van der Waals surface area contributed by atoms with Gasteiger partial charge >= 0.3 is 0 Å². The van der Waals surface area contributed by atoms with E-state index in [0.29, 0.717) is 12.2 Å². The average molecular weight is 312 g/mol. The number of nitrogens with one attached hydrogen (secondary N) is 1. The van der Waals surface area contributed by atoms with Crippen molar-refractivity contribution in [3.8, 4) is 0 Å². The Hall–Kier alpha value is -1.60. The van der Waals surface area contributed by atoms with Crippen LogP contribution >= 0.6 is 0 Å². The monoisotopic (exact) mass is 312 g/mol. The minimum Gasteiger partial charge on any atom is -0.375 e. The molecule has 0 saturated heterocycles. The number of benzene rings is 1. The first-order valence-electron chi connectivity index (χ1n) is 6.89. The molecule has 0 aromatic heterocycles. The molecule has 1 heterocycles. The minimum absolute atomic E-state index is 0.0303. The molecule has 0 bridgehead atoms. The summed E-state index contributed by atoms with van der Waals surface area (Å²) in [6.07, 6.45) is 1.68. The molecule has 1 aromatic carbocycles. The van der Waals surface area contributed by atoms with Gasteiger partial charge in [-0.25, -0.2) is 8.42 Å². The zero-order chi connectivity index (χ0) is 15.5. The molecule has 0 fully saturated rings. The third kappa shape index (κ3) is 3.74. The van der Waals surface area contributed by atoms with E-state index in [0.717, 1.165) is 24.1 Å². The van der Waals surface area contributed by atoms with Crippen LogP contribution in [0.2, 0.25) is 0 Å². The molecule has 0 atom stereocenters. The molecule has 1 N–H and O–H groups in total. The van der Waals surface area contributed by atoms with Gasteiger partial charge in [-0.3, -0.25) is 9.52 Å². The zero-order valence-corrected chi connectivity index (χ0v) is 13.1. The lowest BCUT2D eigenvalue weighted by Gasteiger charge is -2.29. The quantitative estimate of drug-likeness (QED) is 0.891. The Labute approximate surface area is 125 Å². The smallest absolute Gasteiger partial charge is 0.252 e. The summed E-state index contributed by atoms with van der Waals surface area (Å²) in [7, 11) is -1.80. The summed E-state index contributed by atoms with van der Waals surface area (Å²) in [6.45, 7) is 2.30. The Morgan fingerprint density at radius 1 is 1.43 bits per heavy atom. The molecule has 1 aliphatic rings. The van der Waals surface area contributed by atoms with Crippen molar-refractivity contribution in [1.29, 1.82) is 0 Å². The highest BCUT2D eigenvalue weighted by atomic mass is 32.2. The van der Waals surface area contributed by atoms with Crippen molar-refractivity contribution in [1.82, 2.24) is 0 Å². The summed E-state index contributed by atoms with van der Waals surface area (Å²) >= 11 is 0. The van der Waals surface area contributed by atoms with Crippen molar-refractivity contribution in [2.24, 2.45) is 0 Å². The van der Waals surface area contributed by atoms with Crippen LogP contribution < -0.4 is 9.62 Å². The van der Waals surface area contributed by atoms with Gasteiger partial charge in [0, 0.05) is 25.0 Å². The van der Waals surface area contributed by atoms with Gasteiger partial charge in [0.2, 0.25) is 10.0 Å². The van der Waals surface area contributed by atoms with Gasteiger partial charge in [-0.15, -0.1) is 0 Å². The van der Waals surface area contributed by atoms with Crippen LogP contribution in [0.1, 0.15) is 18.9 Å². The van der Waals surface area contributed by atoms with E-state index in [9.17, 15) is 13.2 Å². The molecule has 0 aliphatic carbocycles. The van der Waals surface area contributed by atoms with Crippen LogP contribution in [-0.2, 0) is 26.0 Å². The highest BCUT2D eigenvalue weighted by Crippen LogP contribution is 2.30. The second-order valence-corrected chi connectivity index (χ2v) is 6.94. The highest BCUT2D eigenvalue weighted by Gasteiger charge is 2.22. The van der Waals surface area contributed by atoms with Gasteiger partial charge in [-0.1, -0.05) is 0 Å². The molecule has 0 spiro atoms. The van der Waals surface area contributed by atoms with Gasteiger partial charge in [-0.05, 0) is 43.5 Å². The van der Waals surface area contributed by atoms with Crippen LogP contribution in [0.15, 0.2) is 18.2 Å². The second kappa shape index (κ2) is 6.44. The number of rotatable bonds is 5. The van der Waals surface area contributed by atoms with E-state index < -0.39 is 10.0 Å². The van der Waals surface area contributed by atoms with Crippen molar-refractivity contribution in [3.05, 3.63) is 23.8 Å². The van der Waals surface area contributed by atoms with Gasteiger partial charge in [-0.2, -0.15) is 0 Å². The normalized spacial score (nSPS) is 14.7. The first-order valence-corrected chi connectivity index (χ1v) is 8.55. The van der Waals surface area contributed by atoms with E-state index >= 15 is 0 Å². The molecule has 116 valence electrons. The number of sulfonamides is 1. The number of methoxy groups -OCH3 is 1. The van der Waals surface area contributed by atoms with Gasteiger partial charge in [0.05, 0.1) is 5.75 Å². The Morgan fingerprint density at radius 2 is 2.19 bits per heavy atom. The topological polar surface area (TPSA) is 75.7 Å². The summed E-state index contributed by atoms with van der Waals surface area (Å²) in [5.74, 6) is -0.0527. The molecule has 0 unspecified atom stereocenters. The Morgan fingerprint density at radius 3 is 2.86 bits per heavy atom. The molecule has 0 radical (unpaired) electrons. The summed E-state index contributed by atoms with van der Waals surface area (Å²) in [5.41, 5.74) is 2.35. The van der Waals surface area contributed by atoms with E-state index in [2.05, 4.69) is 4.72 Å². The van der Waals surface area contributed by atoms with Crippen molar-refractivity contribution in [2.45, 2.75) is 19.8 Å². The predicted octanol–water partition coefficient (Wildman–Crippen LogP) is 1.37. The highest BCUT2D eigenvalue weighted by molar-refractivity contribution is 7.92. The standard InChI is InChI=1S/C14H20N2O4S/c1-3-21(18,19)15-12-6-7-13-11(9-12)5-4-8-16(13)14(17)10-20-2/h6-7,9,15H,3-5,8,10H2,1-2H3. The number of nitrogens with zero attached hydrogens (tertiary/aromatic N) is 1. The summed E-state index contributed by atoms with van der Waals surface area (Å²) < 4.78 is 30.6. The fraction of sp³-hybridized carbons (Fsp3) is 0.500. The molecule has 1 amide bonds. The van der Waals surface area contributed by atoms with Crippen LogP contribution in [0.4, 0.5) is 11.4 Å². The van der Waals surface area contributed by atoms with E-state index in [1.54, 1.807) is 30.0 Å². The number of hydrogen-bond donors (Lipinski definition) is 1. The first kappa shape index (κ1) is 15.8. The molecule has 1 aromatic rings. The van der Waals surface area contributed by atoms with Gasteiger partial charge in [0.15, 0.2) is 0 Å². The number of fused-ring (bicyclic) bond motifs is 1. The van der Waals surface area contributed by atoms with Gasteiger partial charge < -0.3 is 9.64 Å². The minimum atomic E-state index is -3.29. The van der Waals surface area contributed by atoms with Crippen molar-refractivity contribution in [3.63, 3.8) is 0 Å². The molecule has 7 heteroatoms. The number of ether oxygens (including phenoxy) is 1. The third-order valence-electron chi connectivity index (χ3n) is 3.42. The lowest BCUT2D eigenvalue weighted by atomic mass is 10.0. The maximum atomic E-state index is 12.0. The van der Waals surface area contributed by atoms with E-state index in [1.807, 2.05) is 0 Å². The maximum Gasteiger partial charge on any atom is 0.252 e. The fourth-order valence-corrected chi connectivity index (χ4v) is 3.00. The Balaban J connectivity index is 2.26. The van der Waals surface area contributed by atoms with E-state index in [-0.39, 0.29) is 18.3 Å². The number of carbonyl (C=O) groups excluding carboxylic acids is 1. The lowest BCUT2D eigenvalue weighted by molar-refractivity contribution is -0.122. The number of anilines is 2. The summed E-state index contributed by atoms with van der Waals surface area (Å²) in [4.78, 5) is 13.7. The van der Waals surface area contributed by atoms with Gasteiger partial charge in [0.25, 0.3) is 5.91 Å². The fourth-order valence-electron chi connectivity index (χ4n) is 2.37. The van der Waals surface area contributed by atoms with Gasteiger partial charge in [0.1, 0.15) is 6.61 Å². The average Bonchev–Trinajstić information content (AvgIpc) is 2.46. The van der Waals surface area contributed by atoms with Crippen LogP contribution in [-0.4, -0.2) is 40.3 Å². The molecule has 0 saturated carbocycles. The Kier molecular flexibility index (Phi) is 4.84. The predicted molar refractivity (Wildman–Crippen MR) is 82.1 cm³/mol. The van der Waals surface area contributed by atoms with E-state index in [1.165, 1.54) is 7.11 Å². The molecule has 21 heavy (non-hydrogen) atoms. The number of aryl methyl sites for hydroxylation is 1. The van der Waals surface area contributed by atoms with Crippen molar-refractivity contribution < 1.29 is 17.9 Å². The molecule has 2 rings (SSSR count). The lowest BCUT2D eigenvalue weighted by Crippen LogP contribution is -2.37. The molecule has 1 aliphatic heterocycles. The maximum absolute atomic E-state index is 12.0. The van der Waals surface area contributed by atoms with Crippen LogP contribution in [0.25, 0.3) is 0 Å². The summed E-state index contributed by atoms with van der Waals surface area (Å²) in [5, 5.41) is 0. The number of carbonyl (C=O) groups is 1. The largest absolute Gasteiger partial charge is 0.375 e. The third-order valence-corrected chi connectivity index (χ3v) is 4.73. The zero-order valence-electron chi connectivity index (χ0n) is 12.3. The van der Waals surface area contributed by atoms with Crippen LogP contribution in [0.3, 0.4) is 0 Å². The first-order chi connectivity index (χ1) is 9.96. The summed E-state index contributed by atoms with van der Waals surface area (Å²) in [6, 6.07) is 5.27. The molecular weight excluding hydrogens is 292 g/mol.